The van der Waals surface area contributed by atoms with E-state index in [4.69, 9.17) is 4.43 Å². The first-order chi connectivity index (χ1) is 13.1. The van der Waals surface area contributed by atoms with Gasteiger partial charge in [-0.05, 0) is 24.6 Å². The minimum Gasteiger partial charge on any atom is -0.399 e. The van der Waals surface area contributed by atoms with Crippen molar-refractivity contribution in [3.8, 4) is 0 Å². The van der Waals surface area contributed by atoms with E-state index in [1.807, 2.05) is 7.05 Å². The molecular formula is C24H51NO2Si. The van der Waals surface area contributed by atoms with Crippen LogP contribution in [-0.2, 0) is 9.22 Å². The molecular weight excluding hydrogens is 362 g/mol. The monoisotopic (exact) mass is 413 g/mol. The van der Waals surface area contributed by atoms with Gasteiger partial charge < -0.3 is 9.33 Å². The lowest BCUT2D eigenvalue weighted by molar-refractivity contribution is -0.132. The van der Waals surface area contributed by atoms with Crippen molar-refractivity contribution in [2.24, 2.45) is 0 Å². The fourth-order valence-electron chi connectivity index (χ4n) is 3.03. The summed E-state index contributed by atoms with van der Waals surface area (Å²) in [5.74, 6) is 0.224. The summed E-state index contributed by atoms with van der Waals surface area (Å²) in [5, 5.41) is 0.186. The second kappa shape index (κ2) is 15.5. The van der Waals surface area contributed by atoms with Crippen LogP contribution in [0.4, 0.5) is 0 Å². The molecule has 1 amide bonds. The second-order valence-corrected chi connectivity index (χ2v) is 14.9. The summed E-state index contributed by atoms with van der Waals surface area (Å²) in [5.41, 5.74) is 0. The average molecular weight is 414 g/mol. The van der Waals surface area contributed by atoms with Gasteiger partial charge in [-0.25, -0.2) is 0 Å². The van der Waals surface area contributed by atoms with E-state index >= 15 is 0 Å². The van der Waals surface area contributed by atoms with E-state index in [2.05, 4.69) is 40.8 Å². The number of carbonyl (C=O) groups is 1. The predicted molar refractivity (Wildman–Crippen MR) is 126 cm³/mol. The Labute approximate surface area is 178 Å². The molecule has 0 radical (unpaired) electrons. The average Bonchev–Trinajstić information content (AvgIpc) is 2.62. The molecule has 0 aromatic heterocycles. The molecule has 0 rings (SSSR count). The summed E-state index contributed by atoms with van der Waals surface area (Å²) in [4.78, 5) is 14.0. The Kier molecular flexibility index (Phi) is 15.3. The normalized spacial score (nSPS) is 12.4. The highest BCUT2D eigenvalue weighted by Crippen LogP contribution is 2.36. The number of hydrogen-bond donors (Lipinski definition) is 0. The molecule has 0 fully saturated rings. The number of rotatable bonds is 17. The molecule has 168 valence electrons. The largest absolute Gasteiger partial charge is 0.399 e. The van der Waals surface area contributed by atoms with Crippen molar-refractivity contribution in [1.82, 2.24) is 4.90 Å². The van der Waals surface area contributed by atoms with Crippen molar-refractivity contribution in [3.63, 3.8) is 0 Å². The summed E-state index contributed by atoms with van der Waals surface area (Å²) in [6.07, 6.45) is 18.1. The van der Waals surface area contributed by atoms with E-state index in [0.717, 1.165) is 6.42 Å². The molecule has 0 aliphatic rings. The molecule has 0 aliphatic carbocycles. The molecule has 0 saturated heterocycles. The second-order valence-electron chi connectivity index (χ2n) is 10.1. The molecule has 0 heterocycles. The van der Waals surface area contributed by atoms with Crippen molar-refractivity contribution in [2.75, 3.05) is 13.8 Å². The van der Waals surface area contributed by atoms with E-state index in [0.29, 0.717) is 13.2 Å². The van der Waals surface area contributed by atoms with Crippen LogP contribution in [0, 0.1) is 0 Å². The van der Waals surface area contributed by atoms with Crippen molar-refractivity contribution < 1.29 is 9.22 Å². The van der Waals surface area contributed by atoms with Gasteiger partial charge in [-0.3, -0.25) is 4.79 Å². The van der Waals surface area contributed by atoms with Crippen LogP contribution in [-0.4, -0.2) is 32.9 Å². The highest BCUT2D eigenvalue weighted by Gasteiger charge is 2.37. The number of nitrogens with zero attached hydrogens (tertiary/aromatic N) is 1. The van der Waals surface area contributed by atoms with Gasteiger partial charge in [-0.2, -0.15) is 0 Å². The third-order valence-electron chi connectivity index (χ3n) is 6.35. The summed E-state index contributed by atoms with van der Waals surface area (Å²) >= 11 is 0. The van der Waals surface area contributed by atoms with E-state index < -0.39 is 8.32 Å². The maximum atomic E-state index is 12.3. The van der Waals surface area contributed by atoms with Crippen LogP contribution in [0.5, 0.6) is 0 Å². The topological polar surface area (TPSA) is 29.5 Å². The van der Waals surface area contributed by atoms with E-state index in [1.165, 1.54) is 77.0 Å². The van der Waals surface area contributed by atoms with Crippen molar-refractivity contribution >= 4 is 14.2 Å². The highest BCUT2D eigenvalue weighted by molar-refractivity contribution is 6.74. The highest BCUT2D eigenvalue weighted by atomic mass is 28.4. The molecule has 0 unspecified atom stereocenters. The van der Waals surface area contributed by atoms with Crippen LogP contribution in [0.3, 0.4) is 0 Å². The lowest BCUT2D eigenvalue weighted by Crippen LogP contribution is -2.44. The molecule has 0 saturated carbocycles. The summed E-state index contributed by atoms with van der Waals surface area (Å²) in [6, 6.07) is 0. The molecule has 0 aromatic carbocycles. The first-order valence-electron chi connectivity index (χ1n) is 12.0. The third kappa shape index (κ3) is 13.8. The van der Waals surface area contributed by atoms with Crippen molar-refractivity contribution in [3.05, 3.63) is 0 Å². The molecule has 0 spiro atoms. The number of hydrogen-bond acceptors (Lipinski definition) is 2. The standard InChI is InChI=1S/C24H51NO2Si/c1-8-9-10-11-12-13-14-15-16-17-18-19-20-21-23(26)25(5)22-27-28(6,7)24(2,3)4/h8-22H2,1-7H3. The van der Waals surface area contributed by atoms with E-state index in [-0.39, 0.29) is 10.9 Å². The summed E-state index contributed by atoms with van der Waals surface area (Å²) < 4.78 is 6.14. The molecule has 0 N–H and O–H groups in total. The smallest absolute Gasteiger partial charge is 0.224 e. The van der Waals surface area contributed by atoms with Crippen molar-refractivity contribution in [2.45, 2.75) is 136 Å². The summed E-state index contributed by atoms with van der Waals surface area (Å²) in [6.45, 7) is 13.9. The van der Waals surface area contributed by atoms with Crippen LogP contribution >= 0.6 is 0 Å². The van der Waals surface area contributed by atoms with Gasteiger partial charge in [-0.15, -0.1) is 0 Å². The Hall–Kier alpha value is -0.353. The minimum absolute atomic E-state index is 0.186. The molecule has 28 heavy (non-hydrogen) atoms. The Morgan fingerprint density at radius 2 is 1.18 bits per heavy atom. The van der Waals surface area contributed by atoms with Crippen LogP contribution in [0.2, 0.25) is 18.1 Å². The zero-order valence-corrected chi connectivity index (χ0v) is 21.4. The third-order valence-corrected chi connectivity index (χ3v) is 10.8. The first kappa shape index (κ1) is 27.6. The fourth-order valence-corrected chi connectivity index (χ4v) is 3.98. The molecule has 0 aliphatic heterocycles. The minimum atomic E-state index is -1.78. The lowest BCUT2D eigenvalue weighted by atomic mass is 10.0. The van der Waals surface area contributed by atoms with Crippen molar-refractivity contribution in [1.29, 1.82) is 0 Å². The number of unbranched alkanes of at least 4 members (excludes halogenated alkanes) is 12. The zero-order chi connectivity index (χ0) is 21.5. The van der Waals surface area contributed by atoms with Gasteiger partial charge in [0.15, 0.2) is 8.32 Å². The SMILES string of the molecule is CCCCCCCCCCCCCCCC(=O)N(C)CO[Si](C)(C)C(C)(C)C. The molecule has 0 atom stereocenters. The number of amides is 1. The van der Waals surface area contributed by atoms with Gasteiger partial charge in [0.2, 0.25) is 5.91 Å². The van der Waals surface area contributed by atoms with Gasteiger partial charge in [0.05, 0.1) is 0 Å². The Morgan fingerprint density at radius 1 is 0.786 bits per heavy atom. The Balaban J connectivity index is 3.57. The molecule has 3 nitrogen and oxygen atoms in total. The van der Waals surface area contributed by atoms with Crippen LogP contribution < -0.4 is 0 Å². The fraction of sp³-hybridized carbons (Fsp3) is 0.958. The van der Waals surface area contributed by atoms with Gasteiger partial charge in [0.1, 0.15) is 6.73 Å². The Bertz CT molecular complexity index is 391. The maximum absolute atomic E-state index is 12.3. The zero-order valence-electron chi connectivity index (χ0n) is 20.4. The quantitative estimate of drug-likeness (QED) is 0.138. The maximum Gasteiger partial charge on any atom is 0.224 e. The van der Waals surface area contributed by atoms with E-state index in [1.54, 1.807) is 4.90 Å². The molecule has 4 heteroatoms. The predicted octanol–water partition coefficient (Wildman–Crippen LogP) is 7.91. The van der Waals surface area contributed by atoms with Gasteiger partial charge >= 0.3 is 0 Å². The van der Waals surface area contributed by atoms with Crippen LogP contribution in [0.1, 0.15) is 118 Å². The molecule has 0 bridgehead atoms. The van der Waals surface area contributed by atoms with E-state index in [9.17, 15) is 4.79 Å². The number of carbonyl (C=O) groups excluding carboxylic acids is 1. The van der Waals surface area contributed by atoms with Gasteiger partial charge in [0.25, 0.3) is 0 Å². The van der Waals surface area contributed by atoms with Gasteiger partial charge in [-0.1, -0.05) is 105 Å². The Morgan fingerprint density at radius 3 is 1.57 bits per heavy atom. The van der Waals surface area contributed by atoms with Crippen LogP contribution in [0.25, 0.3) is 0 Å². The molecule has 0 aromatic rings. The van der Waals surface area contributed by atoms with Gasteiger partial charge in [0, 0.05) is 13.5 Å². The summed E-state index contributed by atoms with van der Waals surface area (Å²) in [7, 11) is 0.0936. The van der Waals surface area contributed by atoms with Crippen LogP contribution in [0.15, 0.2) is 0 Å². The lowest BCUT2D eigenvalue weighted by Gasteiger charge is -2.37. The first-order valence-corrected chi connectivity index (χ1v) is 14.9.